The van der Waals surface area contributed by atoms with Gasteiger partial charge in [0.05, 0.1) is 0 Å². The SMILES string of the molecule is FC1(F)CC1c1nn[c]o1. The molecule has 0 aliphatic heterocycles. The second-order valence-electron chi connectivity index (χ2n) is 2.25. The number of halogens is 2. The van der Waals surface area contributed by atoms with E-state index in [-0.39, 0.29) is 12.3 Å². The number of aromatic nitrogens is 2. The number of nitrogens with zero attached hydrogens (tertiary/aromatic N) is 2. The third-order valence-electron chi connectivity index (χ3n) is 1.46. The molecule has 2 rings (SSSR count). The molecule has 1 saturated carbocycles. The first kappa shape index (κ1) is 5.76. The van der Waals surface area contributed by atoms with Crippen LogP contribution in [0.25, 0.3) is 0 Å². The Morgan fingerprint density at radius 2 is 2.40 bits per heavy atom. The minimum absolute atomic E-state index is 0.00926. The summed E-state index contributed by atoms with van der Waals surface area (Å²) in [6, 6.07) is 0. The van der Waals surface area contributed by atoms with Gasteiger partial charge in [0.1, 0.15) is 5.92 Å². The summed E-state index contributed by atoms with van der Waals surface area (Å²) < 4.78 is 28.9. The highest BCUT2D eigenvalue weighted by Gasteiger charge is 2.60. The summed E-state index contributed by atoms with van der Waals surface area (Å²) in [5.41, 5.74) is 0. The lowest BCUT2D eigenvalue weighted by molar-refractivity contribution is 0.108. The molecule has 0 aromatic carbocycles. The van der Waals surface area contributed by atoms with E-state index in [1.54, 1.807) is 0 Å². The summed E-state index contributed by atoms with van der Waals surface area (Å²) in [7, 11) is 0. The van der Waals surface area contributed by atoms with Crippen molar-refractivity contribution in [1.82, 2.24) is 10.2 Å². The lowest BCUT2D eigenvalue weighted by Crippen LogP contribution is -1.92. The maximum Gasteiger partial charge on any atom is 0.305 e. The van der Waals surface area contributed by atoms with Crippen LogP contribution in [0.3, 0.4) is 0 Å². The minimum Gasteiger partial charge on any atom is -0.416 e. The van der Waals surface area contributed by atoms with Crippen molar-refractivity contribution < 1.29 is 13.2 Å². The normalized spacial score (nSPS) is 28.4. The van der Waals surface area contributed by atoms with Gasteiger partial charge in [-0.3, -0.25) is 0 Å². The molecule has 10 heavy (non-hydrogen) atoms. The standard InChI is InChI=1S/C5H3F2N2O/c6-5(7)1-3(5)4-9-8-2-10-4/h3H,1H2. The molecular formula is C5H3F2N2O. The Labute approximate surface area is 55.1 Å². The lowest BCUT2D eigenvalue weighted by Gasteiger charge is -1.87. The van der Waals surface area contributed by atoms with Gasteiger partial charge in [-0.2, -0.15) is 0 Å². The monoisotopic (exact) mass is 145 g/mol. The molecule has 5 heteroatoms. The summed E-state index contributed by atoms with van der Waals surface area (Å²) >= 11 is 0. The molecule has 53 valence electrons. The zero-order valence-electron chi connectivity index (χ0n) is 4.84. The average Bonchev–Trinajstić information content (AvgIpc) is 2.31. The van der Waals surface area contributed by atoms with E-state index in [2.05, 4.69) is 14.6 Å². The second kappa shape index (κ2) is 1.53. The molecule has 1 aromatic heterocycles. The number of alkyl halides is 2. The van der Waals surface area contributed by atoms with Crippen molar-refractivity contribution in [2.45, 2.75) is 18.3 Å². The van der Waals surface area contributed by atoms with E-state index in [9.17, 15) is 8.78 Å². The van der Waals surface area contributed by atoms with Crippen LogP contribution in [0.5, 0.6) is 0 Å². The zero-order chi connectivity index (χ0) is 7.19. The quantitative estimate of drug-likeness (QED) is 0.591. The van der Waals surface area contributed by atoms with Crippen LogP contribution in [0.1, 0.15) is 18.2 Å². The third kappa shape index (κ3) is 0.698. The summed E-state index contributed by atoms with van der Waals surface area (Å²) in [6.07, 6.45) is 1.84. The van der Waals surface area contributed by atoms with Crippen LogP contribution in [-0.2, 0) is 0 Å². The van der Waals surface area contributed by atoms with Crippen LogP contribution < -0.4 is 0 Å². The molecule has 0 bridgehead atoms. The third-order valence-corrected chi connectivity index (χ3v) is 1.46. The Morgan fingerprint density at radius 3 is 2.80 bits per heavy atom. The summed E-state index contributed by atoms with van der Waals surface area (Å²) in [5, 5.41) is 6.50. The number of rotatable bonds is 1. The Bertz CT molecular complexity index is 234. The van der Waals surface area contributed by atoms with Crippen LogP contribution in [0.2, 0.25) is 0 Å². The van der Waals surface area contributed by atoms with Crippen molar-refractivity contribution in [1.29, 1.82) is 0 Å². The maximum absolute atomic E-state index is 12.2. The van der Waals surface area contributed by atoms with Crippen LogP contribution >= 0.6 is 0 Å². The highest BCUT2D eigenvalue weighted by Crippen LogP contribution is 2.54. The van der Waals surface area contributed by atoms with Crippen LogP contribution in [0.15, 0.2) is 4.42 Å². The van der Waals surface area contributed by atoms with Gasteiger partial charge in [-0.15, -0.1) is 10.2 Å². The van der Waals surface area contributed by atoms with Gasteiger partial charge in [-0.25, -0.2) is 8.78 Å². The first-order valence-electron chi connectivity index (χ1n) is 2.77. The molecule has 1 aromatic rings. The van der Waals surface area contributed by atoms with E-state index < -0.39 is 11.8 Å². The van der Waals surface area contributed by atoms with Crippen molar-refractivity contribution in [3.63, 3.8) is 0 Å². The minimum atomic E-state index is -2.62. The van der Waals surface area contributed by atoms with Gasteiger partial charge < -0.3 is 4.42 Å². The van der Waals surface area contributed by atoms with Gasteiger partial charge >= 0.3 is 6.39 Å². The lowest BCUT2D eigenvalue weighted by atomic mass is 10.4. The molecule has 3 nitrogen and oxygen atoms in total. The van der Waals surface area contributed by atoms with E-state index in [1.165, 1.54) is 0 Å². The Kier molecular flexibility index (Phi) is 0.882. The predicted molar refractivity (Wildman–Crippen MR) is 25.4 cm³/mol. The molecule has 0 saturated heterocycles. The average molecular weight is 145 g/mol. The number of hydrogen-bond donors (Lipinski definition) is 0. The zero-order valence-corrected chi connectivity index (χ0v) is 4.84. The van der Waals surface area contributed by atoms with E-state index in [4.69, 9.17) is 0 Å². The highest BCUT2D eigenvalue weighted by atomic mass is 19.3. The van der Waals surface area contributed by atoms with Crippen molar-refractivity contribution in [3.8, 4) is 0 Å². The Balaban J connectivity index is 2.19. The molecule has 1 radical (unpaired) electrons. The van der Waals surface area contributed by atoms with Crippen molar-refractivity contribution in [2.24, 2.45) is 0 Å². The largest absolute Gasteiger partial charge is 0.416 e. The van der Waals surface area contributed by atoms with E-state index >= 15 is 0 Å². The molecule has 1 unspecified atom stereocenters. The summed E-state index contributed by atoms with van der Waals surface area (Å²) in [6.45, 7) is 0. The second-order valence-corrected chi connectivity index (χ2v) is 2.25. The molecule has 0 N–H and O–H groups in total. The maximum atomic E-state index is 12.2. The summed E-state index contributed by atoms with van der Waals surface area (Å²) in [4.78, 5) is 0. The molecule has 0 amide bonds. The first-order chi connectivity index (χ1) is 4.70. The van der Waals surface area contributed by atoms with Gasteiger partial charge in [-0.1, -0.05) is 0 Å². The molecule has 1 fully saturated rings. The van der Waals surface area contributed by atoms with Gasteiger partial charge in [0.2, 0.25) is 5.89 Å². The number of hydrogen-bond acceptors (Lipinski definition) is 3. The van der Waals surface area contributed by atoms with Crippen LogP contribution in [0.4, 0.5) is 8.78 Å². The first-order valence-corrected chi connectivity index (χ1v) is 2.77. The van der Waals surface area contributed by atoms with Crippen molar-refractivity contribution in [3.05, 3.63) is 12.3 Å². The Hall–Kier alpha value is -1.00. The van der Waals surface area contributed by atoms with Gasteiger partial charge in [0.25, 0.3) is 5.92 Å². The topological polar surface area (TPSA) is 38.9 Å². The van der Waals surface area contributed by atoms with E-state index in [0.29, 0.717) is 0 Å². The summed E-state index contributed by atoms with van der Waals surface area (Å²) in [5.74, 6) is -3.49. The molecule has 1 atom stereocenters. The highest BCUT2D eigenvalue weighted by molar-refractivity contribution is 5.11. The van der Waals surface area contributed by atoms with Crippen LogP contribution in [0, 0.1) is 6.39 Å². The molecule has 1 aliphatic rings. The fourth-order valence-corrected chi connectivity index (χ4v) is 0.779. The molecular weight excluding hydrogens is 142 g/mol. The molecule has 1 aliphatic carbocycles. The van der Waals surface area contributed by atoms with Crippen molar-refractivity contribution in [2.75, 3.05) is 0 Å². The fraction of sp³-hybridized carbons (Fsp3) is 0.600. The smallest absolute Gasteiger partial charge is 0.305 e. The van der Waals surface area contributed by atoms with Gasteiger partial charge in [-0.05, 0) is 0 Å². The Morgan fingerprint density at radius 1 is 1.70 bits per heavy atom. The molecule has 1 heterocycles. The van der Waals surface area contributed by atoms with Gasteiger partial charge in [0.15, 0.2) is 0 Å². The fourth-order valence-electron chi connectivity index (χ4n) is 0.779. The predicted octanol–water partition coefficient (Wildman–Crippen LogP) is 0.992. The van der Waals surface area contributed by atoms with Crippen LogP contribution in [-0.4, -0.2) is 16.1 Å². The van der Waals surface area contributed by atoms with Gasteiger partial charge in [0, 0.05) is 6.42 Å². The van der Waals surface area contributed by atoms with E-state index in [1.807, 2.05) is 6.39 Å². The molecule has 0 spiro atoms. The van der Waals surface area contributed by atoms with Crippen molar-refractivity contribution >= 4 is 0 Å². The van der Waals surface area contributed by atoms with E-state index in [0.717, 1.165) is 0 Å².